The number of fused-ring (bicyclic) bond motifs is 1. The minimum atomic E-state index is -0.0867. The average Bonchev–Trinajstić information content (AvgIpc) is 2.97. The molecule has 0 unspecified atom stereocenters. The molecule has 0 N–H and O–H groups in total. The zero-order valence-electron chi connectivity index (χ0n) is 11.5. The van der Waals surface area contributed by atoms with Crippen LogP contribution in [-0.4, -0.2) is 14.9 Å². The molecule has 3 aromatic rings. The van der Waals surface area contributed by atoms with E-state index < -0.39 is 0 Å². The molecule has 5 heteroatoms. The predicted molar refractivity (Wildman–Crippen MR) is 80.6 cm³/mol. The Kier molecular flexibility index (Phi) is 2.87. The summed E-state index contributed by atoms with van der Waals surface area (Å²) in [6.45, 7) is 1.93. The van der Waals surface area contributed by atoms with Crippen molar-refractivity contribution in [2.45, 2.75) is 6.92 Å². The fourth-order valence-electron chi connectivity index (χ4n) is 2.40. The molecule has 0 spiro atoms. The van der Waals surface area contributed by atoms with Crippen molar-refractivity contribution in [3.8, 4) is 0 Å². The molecule has 0 radical (unpaired) electrons. The third-order valence-corrected chi connectivity index (χ3v) is 4.50. The highest BCUT2D eigenvalue weighted by molar-refractivity contribution is 7.08. The molecular formula is C15H14N2O2S. The highest BCUT2D eigenvalue weighted by Gasteiger charge is 2.15. The van der Waals surface area contributed by atoms with Crippen LogP contribution in [0.1, 0.15) is 21.5 Å². The zero-order chi connectivity index (χ0) is 14.4. The Bertz CT molecular complexity index is 883. The Labute approximate surface area is 119 Å². The molecule has 0 amide bonds. The minimum absolute atomic E-state index is 0.00181. The molecule has 1 aromatic carbocycles. The number of hydrogen-bond acceptors (Lipinski definition) is 3. The summed E-state index contributed by atoms with van der Waals surface area (Å²) in [6, 6.07) is 5.39. The van der Waals surface area contributed by atoms with Crippen LogP contribution in [0.3, 0.4) is 0 Å². The standard InChI is InChI=1S/C15H14N2O2S/c1-9-7-20-8-11(9)14(18)10-4-5-12-13(6-10)17(3)15(19)16(12)2/h4-8H,1-3H3. The van der Waals surface area contributed by atoms with Crippen LogP contribution in [0.25, 0.3) is 11.0 Å². The van der Waals surface area contributed by atoms with Gasteiger partial charge in [-0.05, 0) is 36.1 Å². The van der Waals surface area contributed by atoms with Crippen LogP contribution in [0.4, 0.5) is 0 Å². The van der Waals surface area contributed by atoms with E-state index in [1.54, 1.807) is 35.4 Å². The molecule has 0 saturated heterocycles. The van der Waals surface area contributed by atoms with Gasteiger partial charge in [-0.3, -0.25) is 13.9 Å². The van der Waals surface area contributed by atoms with Gasteiger partial charge in [-0.25, -0.2) is 4.79 Å². The molecule has 3 rings (SSSR count). The smallest absolute Gasteiger partial charge is 0.295 e. The molecule has 102 valence electrons. The van der Waals surface area contributed by atoms with Gasteiger partial charge in [0.25, 0.3) is 0 Å². The molecular weight excluding hydrogens is 272 g/mol. The van der Waals surface area contributed by atoms with Gasteiger partial charge >= 0.3 is 5.69 Å². The van der Waals surface area contributed by atoms with Crippen molar-refractivity contribution in [1.29, 1.82) is 0 Å². The topological polar surface area (TPSA) is 44.0 Å². The van der Waals surface area contributed by atoms with E-state index in [4.69, 9.17) is 0 Å². The van der Waals surface area contributed by atoms with E-state index in [1.807, 2.05) is 23.8 Å². The summed E-state index contributed by atoms with van der Waals surface area (Å²) >= 11 is 1.52. The number of aromatic nitrogens is 2. The normalized spacial score (nSPS) is 11.2. The SMILES string of the molecule is Cc1cscc1C(=O)c1ccc2c(c1)n(C)c(=O)n2C. The van der Waals surface area contributed by atoms with Crippen LogP contribution < -0.4 is 5.69 Å². The third kappa shape index (κ3) is 1.74. The largest absolute Gasteiger partial charge is 0.328 e. The second kappa shape index (κ2) is 4.45. The van der Waals surface area contributed by atoms with Crippen molar-refractivity contribution in [3.63, 3.8) is 0 Å². The van der Waals surface area contributed by atoms with Crippen molar-refractivity contribution in [3.05, 3.63) is 56.1 Å². The summed E-state index contributed by atoms with van der Waals surface area (Å²) in [4.78, 5) is 24.4. The second-order valence-corrected chi connectivity index (χ2v) is 5.65. The number of nitrogens with zero attached hydrogens (tertiary/aromatic N) is 2. The van der Waals surface area contributed by atoms with Crippen LogP contribution >= 0.6 is 11.3 Å². The molecule has 0 aliphatic carbocycles. The van der Waals surface area contributed by atoms with E-state index in [0.717, 1.165) is 22.2 Å². The van der Waals surface area contributed by atoms with Crippen molar-refractivity contribution >= 4 is 28.2 Å². The first-order chi connectivity index (χ1) is 9.50. The van der Waals surface area contributed by atoms with Gasteiger partial charge in [0.1, 0.15) is 0 Å². The third-order valence-electron chi connectivity index (χ3n) is 3.63. The zero-order valence-corrected chi connectivity index (χ0v) is 12.3. The van der Waals surface area contributed by atoms with Gasteiger partial charge in [0.2, 0.25) is 0 Å². The number of aryl methyl sites for hydroxylation is 3. The number of thiophene rings is 1. The lowest BCUT2D eigenvalue weighted by Gasteiger charge is -2.02. The maximum Gasteiger partial charge on any atom is 0.328 e. The first kappa shape index (κ1) is 12.9. The number of carbonyl (C=O) groups excluding carboxylic acids is 1. The van der Waals surface area contributed by atoms with E-state index in [-0.39, 0.29) is 11.5 Å². The van der Waals surface area contributed by atoms with E-state index in [1.165, 1.54) is 11.3 Å². The summed E-state index contributed by atoms with van der Waals surface area (Å²) in [5, 5.41) is 3.83. The Morgan fingerprint density at radius 1 is 1.10 bits per heavy atom. The molecule has 20 heavy (non-hydrogen) atoms. The lowest BCUT2D eigenvalue weighted by atomic mass is 10.0. The summed E-state index contributed by atoms with van der Waals surface area (Å²) in [5.41, 5.74) is 3.85. The van der Waals surface area contributed by atoms with Crippen LogP contribution in [0.5, 0.6) is 0 Å². The highest BCUT2D eigenvalue weighted by atomic mass is 32.1. The van der Waals surface area contributed by atoms with Crippen molar-refractivity contribution in [1.82, 2.24) is 9.13 Å². The van der Waals surface area contributed by atoms with Gasteiger partial charge in [0.05, 0.1) is 11.0 Å². The highest BCUT2D eigenvalue weighted by Crippen LogP contribution is 2.21. The maximum absolute atomic E-state index is 12.5. The summed E-state index contributed by atoms with van der Waals surface area (Å²) in [5.74, 6) is 0.00181. The second-order valence-electron chi connectivity index (χ2n) is 4.90. The number of carbonyl (C=O) groups is 1. The molecule has 0 aliphatic heterocycles. The van der Waals surface area contributed by atoms with Gasteiger partial charge in [0.15, 0.2) is 5.78 Å². The fraction of sp³-hybridized carbons (Fsp3) is 0.200. The van der Waals surface area contributed by atoms with Gasteiger partial charge in [-0.2, -0.15) is 11.3 Å². The lowest BCUT2D eigenvalue weighted by molar-refractivity contribution is 0.103. The minimum Gasteiger partial charge on any atom is -0.295 e. The van der Waals surface area contributed by atoms with Crippen LogP contribution in [0.15, 0.2) is 33.8 Å². The van der Waals surface area contributed by atoms with Crippen LogP contribution in [0, 0.1) is 6.92 Å². The van der Waals surface area contributed by atoms with Gasteiger partial charge in [-0.15, -0.1) is 0 Å². The van der Waals surface area contributed by atoms with Crippen molar-refractivity contribution in [2.24, 2.45) is 14.1 Å². The van der Waals surface area contributed by atoms with Crippen LogP contribution in [0.2, 0.25) is 0 Å². The first-order valence-electron chi connectivity index (χ1n) is 6.23. The lowest BCUT2D eigenvalue weighted by Crippen LogP contribution is -2.19. The Hall–Kier alpha value is -2.14. The maximum atomic E-state index is 12.5. The molecule has 4 nitrogen and oxygen atoms in total. The van der Waals surface area contributed by atoms with Gasteiger partial charge in [0, 0.05) is 30.6 Å². The molecule has 0 saturated carbocycles. The number of imidazole rings is 1. The number of rotatable bonds is 2. The number of hydrogen-bond donors (Lipinski definition) is 0. The van der Waals surface area contributed by atoms with E-state index >= 15 is 0 Å². The molecule has 2 aromatic heterocycles. The summed E-state index contributed by atoms with van der Waals surface area (Å²) < 4.78 is 3.14. The Balaban J connectivity index is 2.19. The molecule has 0 fully saturated rings. The summed E-state index contributed by atoms with van der Waals surface area (Å²) in [6.07, 6.45) is 0. The number of ketones is 1. The molecule has 0 aliphatic rings. The van der Waals surface area contributed by atoms with E-state index in [2.05, 4.69) is 0 Å². The van der Waals surface area contributed by atoms with Crippen molar-refractivity contribution in [2.75, 3.05) is 0 Å². The molecule has 0 bridgehead atoms. The Morgan fingerprint density at radius 2 is 1.80 bits per heavy atom. The average molecular weight is 286 g/mol. The fourth-order valence-corrected chi connectivity index (χ4v) is 3.22. The molecule has 0 atom stereocenters. The predicted octanol–water partition coefficient (Wildman–Crippen LogP) is 2.48. The van der Waals surface area contributed by atoms with Crippen molar-refractivity contribution < 1.29 is 4.79 Å². The van der Waals surface area contributed by atoms with Crippen LogP contribution in [-0.2, 0) is 14.1 Å². The van der Waals surface area contributed by atoms with Gasteiger partial charge < -0.3 is 0 Å². The Morgan fingerprint density at radius 3 is 2.45 bits per heavy atom. The number of benzene rings is 1. The van der Waals surface area contributed by atoms with E-state index in [9.17, 15) is 9.59 Å². The quantitative estimate of drug-likeness (QED) is 0.679. The van der Waals surface area contributed by atoms with Gasteiger partial charge in [-0.1, -0.05) is 0 Å². The molecule has 2 heterocycles. The summed E-state index contributed by atoms with van der Waals surface area (Å²) in [7, 11) is 3.45. The van der Waals surface area contributed by atoms with E-state index in [0.29, 0.717) is 5.56 Å². The monoisotopic (exact) mass is 286 g/mol. The first-order valence-corrected chi connectivity index (χ1v) is 7.18.